The Balaban J connectivity index is 2.94. The first-order valence-corrected chi connectivity index (χ1v) is 6.19. The molecule has 0 N–H and O–H groups in total. The first kappa shape index (κ1) is 14.0. The van der Waals surface area contributed by atoms with Gasteiger partial charge in [-0.2, -0.15) is 21.6 Å². The minimum absolute atomic E-state index is 0.0682. The number of alkyl halides is 3. The predicted octanol–water partition coefficient (Wildman–Crippen LogP) is 2.13. The zero-order valence-corrected chi connectivity index (χ0v) is 9.77. The number of rotatable bonds is 3. The third-order valence-electron chi connectivity index (χ3n) is 2.40. The van der Waals surface area contributed by atoms with Crippen molar-refractivity contribution in [3.8, 4) is 0 Å². The molecule has 0 fully saturated rings. The molecule has 0 unspecified atom stereocenters. The van der Waals surface area contributed by atoms with E-state index in [1.807, 2.05) is 0 Å². The summed E-state index contributed by atoms with van der Waals surface area (Å²) in [5, 5.41) is 0. The van der Waals surface area contributed by atoms with Crippen LogP contribution in [0.3, 0.4) is 0 Å². The van der Waals surface area contributed by atoms with E-state index in [0.29, 0.717) is 19.1 Å². The highest BCUT2D eigenvalue weighted by Crippen LogP contribution is 2.35. The Hall–Kier alpha value is -1.05. The highest BCUT2D eigenvalue weighted by molar-refractivity contribution is 7.87. The lowest BCUT2D eigenvalue weighted by molar-refractivity contribution is -0.114. The quantitative estimate of drug-likeness (QED) is 0.448. The van der Waals surface area contributed by atoms with Crippen molar-refractivity contribution < 1.29 is 30.6 Å². The molecule has 1 aliphatic carbocycles. The lowest BCUT2D eigenvalue weighted by Crippen LogP contribution is -2.27. The summed E-state index contributed by atoms with van der Waals surface area (Å²) in [4.78, 5) is 10.7. The molecule has 0 saturated heterocycles. The van der Waals surface area contributed by atoms with Gasteiger partial charge in [0.05, 0.1) is 0 Å². The lowest BCUT2D eigenvalue weighted by Gasteiger charge is -2.25. The van der Waals surface area contributed by atoms with Crippen LogP contribution in [0, 0.1) is 5.41 Å². The molecular weight excluding hydrogens is 261 g/mol. The van der Waals surface area contributed by atoms with Gasteiger partial charge in [0.2, 0.25) is 0 Å². The van der Waals surface area contributed by atoms with Crippen molar-refractivity contribution in [2.45, 2.75) is 31.7 Å². The first-order valence-electron chi connectivity index (χ1n) is 4.78. The summed E-state index contributed by atoms with van der Waals surface area (Å²) < 4.78 is 61.6. The van der Waals surface area contributed by atoms with Crippen molar-refractivity contribution in [3.05, 3.63) is 11.8 Å². The molecule has 0 aromatic heterocycles. The minimum atomic E-state index is -5.64. The van der Waals surface area contributed by atoms with E-state index < -0.39 is 21.0 Å². The normalized spacial score (nSPS) is 26.2. The fourth-order valence-electron chi connectivity index (χ4n) is 1.50. The molecule has 0 amide bonds. The Kier molecular flexibility index (Phi) is 3.56. The van der Waals surface area contributed by atoms with Gasteiger partial charge in [-0.1, -0.05) is 0 Å². The first-order chi connectivity index (χ1) is 7.60. The standard InChI is InChI=1S/C9H11F3O4S/c1-8(6-13)4-2-3-7(5-8)16-17(14,15)9(10,11)12/h5-6H,2-4H2,1H3/t8-/m1/s1. The number of aldehydes is 1. The molecule has 0 bridgehead atoms. The van der Waals surface area contributed by atoms with Gasteiger partial charge in [0.1, 0.15) is 12.0 Å². The van der Waals surface area contributed by atoms with Crippen molar-refractivity contribution in [1.29, 1.82) is 0 Å². The molecule has 0 aromatic rings. The molecule has 0 heterocycles. The minimum Gasteiger partial charge on any atom is -0.381 e. The van der Waals surface area contributed by atoms with E-state index in [-0.39, 0.29) is 12.2 Å². The van der Waals surface area contributed by atoms with E-state index in [9.17, 15) is 26.4 Å². The van der Waals surface area contributed by atoms with Gasteiger partial charge in [0.15, 0.2) is 0 Å². The van der Waals surface area contributed by atoms with E-state index in [1.165, 1.54) is 6.92 Å². The average molecular weight is 272 g/mol. The molecule has 4 nitrogen and oxygen atoms in total. The summed E-state index contributed by atoms with van der Waals surface area (Å²) in [6, 6.07) is 0. The molecule has 0 radical (unpaired) electrons. The van der Waals surface area contributed by atoms with Crippen LogP contribution in [0.4, 0.5) is 13.2 Å². The second kappa shape index (κ2) is 4.32. The maximum Gasteiger partial charge on any atom is 0.534 e. The Morgan fingerprint density at radius 1 is 1.47 bits per heavy atom. The molecule has 0 aromatic carbocycles. The molecule has 0 spiro atoms. The summed E-state index contributed by atoms with van der Waals surface area (Å²) in [6.45, 7) is 1.50. The van der Waals surface area contributed by atoms with Gasteiger partial charge >= 0.3 is 15.6 Å². The van der Waals surface area contributed by atoms with Crippen molar-refractivity contribution in [2.24, 2.45) is 5.41 Å². The Morgan fingerprint density at radius 3 is 2.53 bits per heavy atom. The van der Waals surface area contributed by atoms with Crippen molar-refractivity contribution >= 4 is 16.4 Å². The number of carbonyl (C=O) groups is 1. The molecule has 1 rings (SSSR count). The summed E-state index contributed by atoms with van der Waals surface area (Å²) >= 11 is 0. The fraction of sp³-hybridized carbons (Fsp3) is 0.667. The van der Waals surface area contributed by atoms with Gasteiger partial charge in [-0.15, -0.1) is 0 Å². The summed E-state index contributed by atoms with van der Waals surface area (Å²) in [5.41, 5.74) is -6.42. The number of allylic oxidation sites excluding steroid dienone is 2. The summed E-state index contributed by atoms with van der Waals surface area (Å²) in [6.07, 6.45) is 2.62. The Bertz CT molecular complexity index is 438. The van der Waals surface area contributed by atoms with Crippen LogP contribution < -0.4 is 0 Å². The van der Waals surface area contributed by atoms with E-state index in [2.05, 4.69) is 4.18 Å². The Morgan fingerprint density at radius 2 is 2.06 bits per heavy atom. The summed E-state index contributed by atoms with van der Waals surface area (Å²) in [7, 11) is -5.64. The van der Waals surface area contributed by atoms with Crippen LogP contribution >= 0.6 is 0 Å². The molecule has 1 aliphatic rings. The number of halogens is 3. The SMILES string of the molecule is C[C@]1(C=O)C=C(OS(=O)(=O)C(F)(F)F)CCC1. The van der Waals surface area contributed by atoms with E-state index in [4.69, 9.17) is 0 Å². The topological polar surface area (TPSA) is 60.4 Å². The third-order valence-corrected chi connectivity index (χ3v) is 3.40. The van der Waals surface area contributed by atoms with Crippen molar-refractivity contribution in [3.63, 3.8) is 0 Å². The molecule has 0 aliphatic heterocycles. The van der Waals surface area contributed by atoms with Crippen LogP contribution in [0.25, 0.3) is 0 Å². The highest BCUT2D eigenvalue weighted by atomic mass is 32.2. The molecule has 17 heavy (non-hydrogen) atoms. The van der Waals surface area contributed by atoms with Crippen molar-refractivity contribution in [2.75, 3.05) is 0 Å². The molecule has 1 atom stereocenters. The number of carbonyl (C=O) groups excluding carboxylic acids is 1. The van der Waals surface area contributed by atoms with Crippen LogP contribution in [0.5, 0.6) is 0 Å². The monoisotopic (exact) mass is 272 g/mol. The smallest absolute Gasteiger partial charge is 0.381 e. The van der Waals surface area contributed by atoms with Gasteiger partial charge in [0.25, 0.3) is 0 Å². The van der Waals surface area contributed by atoms with Gasteiger partial charge in [0, 0.05) is 11.8 Å². The predicted molar refractivity (Wildman–Crippen MR) is 52.2 cm³/mol. The largest absolute Gasteiger partial charge is 0.534 e. The van der Waals surface area contributed by atoms with Crippen LogP contribution in [-0.4, -0.2) is 20.2 Å². The van der Waals surface area contributed by atoms with Crippen LogP contribution in [-0.2, 0) is 19.1 Å². The second-order valence-corrected chi connectivity index (χ2v) is 5.61. The average Bonchev–Trinajstić information content (AvgIpc) is 2.15. The molecular formula is C9H11F3O4S. The second-order valence-electron chi connectivity index (χ2n) is 4.07. The fourth-order valence-corrected chi connectivity index (χ4v) is 2.01. The van der Waals surface area contributed by atoms with Crippen molar-refractivity contribution in [1.82, 2.24) is 0 Å². The Labute approximate surface area is 96.6 Å². The lowest BCUT2D eigenvalue weighted by atomic mass is 9.82. The van der Waals surface area contributed by atoms with E-state index >= 15 is 0 Å². The number of hydrogen-bond acceptors (Lipinski definition) is 4. The highest BCUT2D eigenvalue weighted by Gasteiger charge is 2.49. The summed E-state index contributed by atoms with van der Waals surface area (Å²) in [5.74, 6) is -0.330. The maximum atomic E-state index is 12.1. The molecule has 8 heteroatoms. The van der Waals surface area contributed by atoms with Gasteiger partial charge in [-0.3, -0.25) is 0 Å². The van der Waals surface area contributed by atoms with Gasteiger partial charge < -0.3 is 8.98 Å². The van der Waals surface area contributed by atoms with Crippen LogP contribution in [0.15, 0.2) is 11.8 Å². The van der Waals surface area contributed by atoms with Crippen LogP contribution in [0.2, 0.25) is 0 Å². The van der Waals surface area contributed by atoms with Crippen LogP contribution in [0.1, 0.15) is 26.2 Å². The third kappa shape index (κ3) is 3.21. The zero-order valence-electron chi connectivity index (χ0n) is 8.95. The zero-order chi connectivity index (χ0) is 13.3. The van der Waals surface area contributed by atoms with E-state index in [0.717, 1.165) is 6.08 Å². The van der Waals surface area contributed by atoms with Gasteiger partial charge in [-0.05, 0) is 25.8 Å². The maximum absolute atomic E-state index is 12.1. The van der Waals surface area contributed by atoms with Gasteiger partial charge in [-0.25, -0.2) is 0 Å². The molecule has 98 valence electrons. The number of hydrogen-bond donors (Lipinski definition) is 0. The molecule has 0 saturated carbocycles. The van der Waals surface area contributed by atoms with E-state index in [1.54, 1.807) is 0 Å².